The Hall–Kier alpha value is -2.45. The number of carbonyl (C=O) groups is 3. The molecule has 0 atom stereocenters. The maximum Gasteiger partial charge on any atom is 0.306 e. The van der Waals surface area contributed by atoms with Gasteiger partial charge in [0.2, 0.25) is 5.91 Å². The van der Waals surface area contributed by atoms with Crippen LogP contribution in [0.15, 0.2) is 24.3 Å². The van der Waals surface area contributed by atoms with Gasteiger partial charge in [0, 0.05) is 47.9 Å². The summed E-state index contributed by atoms with van der Waals surface area (Å²) < 4.78 is 4.57. The summed E-state index contributed by atoms with van der Waals surface area (Å²) in [4.78, 5) is 43.2. The summed E-state index contributed by atoms with van der Waals surface area (Å²) in [7, 11) is 1.31. The van der Waals surface area contributed by atoms with E-state index in [9.17, 15) is 14.4 Å². The first-order chi connectivity index (χ1) is 13.5. The number of nitrogens with zero attached hydrogens (tertiary/aromatic N) is 2. The van der Waals surface area contributed by atoms with Gasteiger partial charge in [-0.1, -0.05) is 17.7 Å². The number of nitrogens with one attached hydrogen (secondary N) is 1. The second-order valence-electron chi connectivity index (χ2n) is 6.31. The van der Waals surface area contributed by atoms with Crippen molar-refractivity contribution in [3.8, 4) is 0 Å². The number of halogens is 1. The fraction of sp³-hybridized carbons (Fsp3) is 0.368. The van der Waals surface area contributed by atoms with Crippen molar-refractivity contribution in [2.24, 2.45) is 0 Å². The van der Waals surface area contributed by atoms with Crippen LogP contribution in [0.25, 0.3) is 0 Å². The highest BCUT2D eigenvalue weighted by Crippen LogP contribution is 2.24. The van der Waals surface area contributed by atoms with E-state index in [1.165, 1.54) is 18.4 Å². The van der Waals surface area contributed by atoms with Crippen molar-refractivity contribution in [1.29, 1.82) is 0 Å². The highest BCUT2D eigenvalue weighted by molar-refractivity contribution is 7.13. The first-order valence-electron chi connectivity index (χ1n) is 8.86. The van der Waals surface area contributed by atoms with Gasteiger partial charge in [0.15, 0.2) is 5.01 Å². The average Bonchev–Trinajstić information content (AvgIpc) is 2.99. The molecule has 0 bridgehead atoms. The Bertz CT molecular complexity index is 874. The minimum absolute atomic E-state index is 0.0699. The highest BCUT2D eigenvalue weighted by Gasteiger charge is 2.23. The molecule has 1 aromatic heterocycles. The normalized spacial score (nSPS) is 13.4. The predicted molar refractivity (Wildman–Crippen MR) is 107 cm³/mol. The number of methoxy groups -OCH3 is 1. The molecule has 1 N–H and O–H groups in total. The standard InChI is InChI=1S/C19H20ClN3O4S/c1-27-17(25)6-5-16(24)23-9-7-14-15(8-10-23)28-19(22-14)18(26)21-13-4-2-3-12(20)11-13/h2-4,11H,5-10H2,1H3,(H,21,26). The minimum atomic E-state index is -0.390. The number of anilines is 1. The monoisotopic (exact) mass is 421 g/mol. The number of hydrogen-bond acceptors (Lipinski definition) is 6. The van der Waals surface area contributed by atoms with Gasteiger partial charge in [-0.15, -0.1) is 11.3 Å². The molecule has 1 aliphatic heterocycles. The van der Waals surface area contributed by atoms with Gasteiger partial charge in [0.05, 0.1) is 19.2 Å². The Labute approximate surface area is 171 Å². The van der Waals surface area contributed by atoms with E-state index in [1.807, 2.05) is 0 Å². The molecule has 0 saturated carbocycles. The van der Waals surface area contributed by atoms with Crippen LogP contribution in [0.4, 0.5) is 5.69 Å². The molecule has 28 heavy (non-hydrogen) atoms. The Morgan fingerprint density at radius 3 is 2.79 bits per heavy atom. The lowest BCUT2D eigenvalue weighted by atomic mass is 10.2. The Kier molecular flexibility index (Phi) is 6.64. The second kappa shape index (κ2) is 9.16. The molecule has 0 aliphatic carbocycles. The Morgan fingerprint density at radius 2 is 2.04 bits per heavy atom. The number of carbonyl (C=O) groups excluding carboxylic acids is 3. The number of ether oxygens (including phenoxy) is 1. The lowest BCUT2D eigenvalue weighted by Gasteiger charge is -2.19. The van der Waals surface area contributed by atoms with E-state index >= 15 is 0 Å². The summed E-state index contributed by atoms with van der Waals surface area (Å²) in [6.45, 7) is 1.07. The number of hydrogen-bond donors (Lipinski definition) is 1. The fourth-order valence-electron chi connectivity index (χ4n) is 2.93. The maximum absolute atomic E-state index is 12.5. The SMILES string of the molecule is COC(=O)CCC(=O)N1CCc2nc(C(=O)Nc3cccc(Cl)c3)sc2CC1. The second-order valence-corrected chi connectivity index (χ2v) is 7.83. The molecule has 0 saturated heterocycles. The first-order valence-corrected chi connectivity index (χ1v) is 10.1. The van der Waals surface area contributed by atoms with Gasteiger partial charge in [-0.3, -0.25) is 14.4 Å². The van der Waals surface area contributed by atoms with E-state index in [1.54, 1.807) is 29.2 Å². The van der Waals surface area contributed by atoms with Gasteiger partial charge in [-0.05, 0) is 18.2 Å². The molecule has 2 amide bonds. The molecule has 0 radical (unpaired) electrons. The van der Waals surface area contributed by atoms with Crippen molar-refractivity contribution in [2.45, 2.75) is 25.7 Å². The molecule has 3 rings (SSSR count). The van der Waals surface area contributed by atoms with E-state index in [2.05, 4.69) is 15.0 Å². The van der Waals surface area contributed by atoms with Crippen LogP contribution < -0.4 is 5.32 Å². The van der Waals surface area contributed by atoms with Crippen LogP contribution in [0, 0.1) is 0 Å². The van der Waals surface area contributed by atoms with Crippen molar-refractivity contribution in [3.05, 3.63) is 44.9 Å². The van der Waals surface area contributed by atoms with Crippen molar-refractivity contribution in [2.75, 3.05) is 25.5 Å². The average molecular weight is 422 g/mol. The van der Waals surface area contributed by atoms with Crippen LogP contribution in [0.3, 0.4) is 0 Å². The van der Waals surface area contributed by atoms with E-state index in [4.69, 9.17) is 11.6 Å². The summed E-state index contributed by atoms with van der Waals surface area (Å²) in [6.07, 6.45) is 1.45. The molecule has 0 fully saturated rings. The fourth-order valence-corrected chi connectivity index (χ4v) is 4.11. The molecular formula is C19H20ClN3O4S. The Balaban J connectivity index is 1.59. The summed E-state index contributed by atoms with van der Waals surface area (Å²) in [5.74, 6) is -0.731. The number of aromatic nitrogens is 1. The van der Waals surface area contributed by atoms with E-state index in [-0.39, 0.29) is 30.6 Å². The highest BCUT2D eigenvalue weighted by atomic mass is 35.5. The molecule has 0 spiro atoms. The van der Waals surface area contributed by atoms with Gasteiger partial charge in [-0.2, -0.15) is 0 Å². The number of thiazole rings is 1. The third kappa shape index (κ3) is 5.08. The van der Waals surface area contributed by atoms with Crippen molar-refractivity contribution < 1.29 is 19.1 Å². The smallest absolute Gasteiger partial charge is 0.306 e. The van der Waals surface area contributed by atoms with Crippen LogP contribution in [-0.4, -0.2) is 47.9 Å². The summed E-state index contributed by atoms with van der Waals surface area (Å²) in [5, 5.41) is 3.74. The summed E-state index contributed by atoms with van der Waals surface area (Å²) in [5.41, 5.74) is 1.47. The third-order valence-electron chi connectivity index (χ3n) is 4.41. The molecule has 148 valence electrons. The van der Waals surface area contributed by atoms with E-state index in [0.29, 0.717) is 41.6 Å². The van der Waals surface area contributed by atoms with Crippen LogP contribution in [0.5, 0.6) is 0 Å². The molecule has 7 nitrogen and oxygen atoms in total. The molecule has 0 unspecified atom stereocenters. The number of benzene rings is 1. The van der Waals surface area contributed by atoms with E-state index < -0.39 is 0 Å². The lowest BCUT2D eigenvalue weighted by molar-refractivity contribution is -0.143. The molecule has 1 aliphatic rings. The zero-order valence-electron chi connectivity index (χ0n) is 15.4. The zero-order valence-corrected chi connectivity index (χ0v) is 16.9. The lowest BCUT2D eigenvalue weighted by Crippen LogP contribution is -2.33. The largest absolute Gasteiger partial charge is 0.469 e. The van der Waals surface area contributed by atoms with Gasteiger partial charge < -0.3 is 15.0 Å². The topological polar surface area (TPSA) is 88.6 Å². The first kappa shape index (κ1) is 20.3. The molecule has 2 aromatic rings. The van der Waals surface area contributed by atoms with Crippen LogP contribution >= 0.6 is 22.9 Å². The summed E-state index contributed by atoms with van der Waals surface area (Å²) >= 11 is 7.29. The van der Waals surface area contributed by atoms with Crippen LogP contribution in [0.1, 0.15) is 33.2 Å². The predicted octanol–water partition coefficient (Wildman–Crippen LogP) is 2.93. The zero-order chi connectivity index (χ0) is 20.1. The van der Waals surface area contributed by atoms with E-state index in [0.717, 1.165) is 10.6 Å². The van der Waals surface area contributed by atoms with Gasteiger partial charge in [0.1, 0.15) is 0 Å². The van der Waals surface area contributed by atoms with Gasteiger partial charge in [-0.25, -0.2) is 4.98 Å². The number of rotatable bonds is 5. The number of esters is 1. The van der Waals surface area contributed by atoms with Crippen LogP contribution in [0.2, 0.25) is 5.02 Å². The molecule has 2 heterocycles. The van der Waals surface area contributed by atoms with Crippen molar-refractivity contribution in [1.82, 2.24) is 9.88 Å². The minimum Gasteiger partial charge on any atom is -0.469 e. The molecule has 1 aromatic carbocycles. The van der Waals surface area contributed by atoms with Crippen molar-refractivity contribution >= 4 is 46.4 Å². The quantitative estimate of drug-likeness (QED) is 0.750. The number of amides is 2. The van der Waals surface area contributed by atoms with Crippen molar-refractivity contribution in [3.63, 3.8) is 0 Å². The molecular weight excluding hydrogens is 402 g/mol. The third-order valence-corrected chi connectivity index (χ3v) is 5.80. The Morgan fingerprint density at radius 1 is 1.25 bits per heavy atom. The van der Waals surface area contributed by atoms with Gasteiger partial charge >= 0.3 is 5.97 Å². The maximum atomic E-state index is 12.5. The number of fused-ring (bicyclic) bond motifs is 1. The molecule has 9 heteroatoms. The summed E-state index contributed by atoms with van der Waals surface area (Å²) in [6, 6.07) is 6.94. The van der Waals surface area contributed by atoms with Crippen LogP contribution in [-0.2, 0) is 27.2 Å². The van der Waals surface area contributed by atoms with Gasteiger partial charge in [0.25, 0.3) is 5.91 Å².